The number of hydrogen-bond donors (Lipinski definition) is 2. The van der Waals surface area contributed by atoms with Crippen molar-refractivity contribution in [1.29, 1.82) is 0 Å². The van der Waals surface area contributed by atoms with E-state index in [4.69, 9.17) is 9.47 Å². The number of amides is 2. The van der Waals surface area contributed by atoms with Crippen LogP contribution < -0.4 is 10.6 Å². The molecule has 0 radical (unpaired) electrons. The summed E-state index contributed by atoms with van der Waals surface area (Å²) in [4.78, 5) is 26.1. The van der Waals surface area contributed by atoms with Crippen LogP contribution in [-0.4, -0.2) is 24.4 Å². The average molecular weight is 721 g/mol. The van der Waals surface area contributed by atoms with Gasteiger partial charge in [-0.25, -0.2) is 9.59 Å². The van der Waals surface area contributed by atoms with E-state index in [-0.39, 0.29) is 11.5 Å². The quantitative estimate of drug-likeness (QED) is 0.0848. The number of benzene rings is 3. The third-order valence-corrected chi connectivity index (χ3v) is 10.5. The van der Waals surface area contributed by atoms with Gasteiger partial charge in [0.15, 0.2) is 0 Å². The fourth-order valence-corrected chi connectivity index (χ4v) is 7.63. The zero-order valence-corrected chi connectivity index (χ0v) is 33.3. The monoisotopic (exact) mass is 720 g/mol. The summed E-state index contributed by atoms with van der Waals surface area (Å²) in [5.74, 6) is 0. The number of unbranched alkanes of at least 4 members (excludes halogenated alkanes) is 10. The second-order valence-corrected chi connectivity index (χ2v) is 14.9. The van der Waals surface area contributed by atoms with E-state index in [1.807, 2.05) is 57.2 Å². The first-order chi connectivity index (χ1) is 25.7. The number of fused-ring (bicyclic) bond motifs is 3. The minimum Gasteiger partial charge on any atom is -0.442 e. The third-order valence-electron chi connectivity index (χ3n) is 10.5. The molecule has 53 heavy (non-hydrogen) atoms. The van der Waals surface area contributed by atoms with E-state index in [2.05, 4.69) is 79.9 Å². The Hall–Kier alpha value is -4.32. The molecule has 0 saturated carbocycles. The van der Waals surface area contributed by atoms with Crippen molar-refractivity contribution in [3.8, 4) is 11.1 Å². The van der Waals surface area contributed by atoms with Gasteiger partial charge in [-0.2, -0.15) is 0 Å². The van der Waals surface area contributed by atoms with Crippen molar-refractivity contribution in [2.75, 3.05) is 10.6 Å². The predicted molar refractivity (Wildman–Crippen MR) is 223 cm³/mol. The van der Waals surface area contributed by atoms with E-state index in [1.54, 1.807) is 0 Å². The summed E-state index contributed by atoms with van der Waals surface area (Å²) in [5, 5.41) is 6.06. The van der Waals surface area contributed by atoms with Crippen molar-refractivity contribution in [2.24, 2.45) is 0 Å². The van der Waals surface area contributed by atoms with Gasteiger partial charge in [-0.15, -0.1) is 0 Å². The minimum absolute atomic E-state index is 0.244. The lowest BCUT2D eigenvalue weighted by molar-refractivity contribution is 0.141. The molecule has 1 aliphatic rings. The van der Waals surface area contributed by atoms with Gasteiger partial charge in [-0.05, 0) is 105 Å². The van der Waals surface area contributed by atoms with Gasteiger partial charge < -0.3 is 9.47 Å². The fraction of sp³-hybridized carbons (Fsp3) is 0.489. The molecule has 286 valence electrons. The molecule has 0 aromatic heterocycles. The molecule has 6 heteroatoms. The maximum atomic E-state index is 13.2. The molecule has 0 bridgehead atoms. The predicted octanol–water partition coefficient (Wildman–Crippen LogP) is 13.9. The first kappa shape index (κ1) is 41.4. The number of carbonyl (C=O) groups excluding carboxylic acids is 2. The summed E-state index contributed by atoms with van der Waals surface area (Å²) in [5.41, 5.74) is 8.39. The zero-order valence-electron chi connectivity index (χ0n) is 33.3. The summed E-state index contributed by atoms with van der Waals surface area (Å²) < 4.78 is 11.3. The van der Waals surface area contributed by atoms with Crippen LogP contribution in [-0.2, 0) is 14.9 Å². The Morgan fingerprint density at radius 3 is 1.57 bits per heavy atom. The van der Waals surface area contributed by atoms with Crippen LogP contribution in [0, 0.1) is 6.92 Å². The Bertz CT molecular complexity index is 1640. The van der Waals surface area contributed by atoms with Crippen molar-refractivity contribution in [3.05, 3.63) is 101 Å². The molecule has 3 aromatic rings. The number of allylic oxidation sites excluding steroid dienone is 1. The molecule has 2 N–H and O–H groups in total. The molecule has 0 heterocycles. The molecule has 0 saturated heterocycles. The molecule has 2 atom stereocenters. The number of rotatable bonds is 21. The number of carbonyl (C=O) groups is 2. The second-order valence-electron chi connectivity index (χ2n) is 14.9. The zero-order chi connectivity index (χ0) is 38.1. The van der Waals surface area contributed by atoms with Crippen LogP contribution in [0.15, 0.2) is 78.9 Å². The van der Waals surface area contributed by atoms with Crippen LogP contribution in [0.1, 0.15) is 147 Å². The van der Waals surface area contributed by atoms with Crippen LogP contribution in [0.3, 0.4) is 0 Å². The Morgan fingerprint density at radius 2 is 1.09 bits per heavy atom. The number of anilines is 2. The first-order valence-corrected chi connectivity index (χ1v) is 20.3. The van der Waals surface area contributed by atoms with Crippen LogP contribution in [0.25, 0.3) is 17.2 Å². The topological polar surface area (TPSA) is 76.7 Å². The van der Waals surface area contributed by atoms with Crippen molar-refractivity contribution in [2.45, 2.75) is 149 Å². The van der Waals surface area contributed by atoms with E-state index in [1.165, 1.54) is 92.0 Å². The van der Waals surface area contributed by atoms with Crippen LogP contribution in [0.5, 0.6) is 0 Å². The lowest BCUT2D eigenvalue weighted by atomic mass is 9.70. The lowest BCUT2D eigenvalue weighted by Gasteiger charge is -2.33. The summed E-state index contributed by atoms with van der Waals surface area (Å²) in [6.07, 6.45) is 22.6. The van der Waals surface area contributed by atoms with Gasteiger partial charge in [-0.3, -0.25) is 10.6 Å². The standard InChI is InChI=1S/C47H64N2O4/c1-7-10-12-14-16-18-31-47(32-19-17-15-13-11-8-2)43-33-39(48-45(50)52-36(5)20-9-3)27-29-41(43)42-30-28-40(34-44(42)47)49-46(51)53-37(6)23-26-38-24-21-35(4)22-25-38/h9,20-30,33-34,36-37H,7-8,10-19,31-32H2,1-6H3,(H,48,50)(H,49,51)/b20-9+,26-23+. The molecule has 0 aliphatic heterocycles. The Balaban J connectivity index is 1.62. The summed E-state index contributed by atoms with van der Waals surface area (Å²) in [6, 6.07) is 20.9. The van der Waals surface area contributed by atoms with Gasteiger partial charge in [0.2, 0.25) is 0 Å². The molecule has 0 fully saturated rings. The number of ether oxygens (including phenoxy) is 2. The van der Waals surface area contributed by atoms with E-state index in [0.29, 0.717) is 0 Å². The maximum absolute atomic E-state index is 13.2. The van der Waals surface area contributed by atoms with Crippen molar-refractivity contribution < 1.29 is 19.1 Å². The maximum Gasteiger partial charge on any atom is 0.412 e. The molecular weight excluding hydrogens is 657 g/mol. The average Bonchev–Trinajstić information content (AvgIpc) is 3.39. The molecule has 3 aromatic carbocycles. The molecule has 2 unspecified atom stereocenters. The highest BCUT2D eigenvalue weighted by molar-refractivity contribution is 5.91. The molecule has 0 spiro atoms. The second kappa shape index (κ2) is 21.4. The van der Waals surface area contributed by atoms with E-state index in [0.717, 1.165) is 42.6 Å². The smallest absolute Gasteiger partial charge is 0.412 e. The molecular formula is C47H64N2O4. The lowest BCUT2D eigenvalue weighted by Crippen LogP contribution is -2.26. The molecule has 4 rings (SSSR count). The van der Waals surface area contributed by atoms with Gasteiger partial charge in [0.1, 0.15) is 12.2 Å². The third kappa shape index (κ3) is 12.4. The Morgan fingerprint density at radius 1 is 0.642 bits per heavy atom. The van der Waals surface area contributed by atoms with Gasteiger partial charge in [0.25, 0.3) is 0 Å². The van der Waals surface area contributed by atoms with E-state index < -0.39 is 18.3 Å². The largest absolute Gasteiger partial charge is 0.442 e. The number of hydrogen-bond acceptors (Lipinski definition) is 4. The van der Waals surface area contributed by atoms with Crippen LogP contribution >= 0.6 is 0 Å². The number of nitrogens with one attached hydrogen (secondary N) is 2. The van der Waals surface area contributed by atoms with E-state index in [9.17, 15) is 9.59 Å². The van der Waals surface area contributed by atoms with Crippen molar-refractivity contribution >= 4 is 29.6 Å². The Kier molecular flexibility index (Phi) is 16.7. The van der Waals surface area contributed by atoms with Gasteiger partial charge in [0, 0.05) is 16.8 Å². The van der Waals surface area contributed by atoms with Gasteiger partial charge in [0.05, 0.1) is 0 Å². The minimum atomic E-state index is -0.476. The fourth-order valence-electron chi connectivity index (χ4n) is 7.63. The van der Waals surface area contributed by atoms with Crippen LogP contribution in [0.4, 0.5) is 21.0 Å². The first-order valence-electron chi connectivity index (χ1n) is 20.3. The SMILES string of the molecule is C/C=C/C(C)OC(=O)Nc1ccc2c(c1)C(CCCCCCCC)(CCCCCCCC)c1cc(NC(=O)OC(C)/C=C/c3ccc(C)cc3)ccc1-2. The van der Waals surface area contributed by atoms with Crippen LogP contribution in [0.2, 0.25) is 0 Å². The highest BCUT2D eigenvalue weighted by Gasteiger charge is 2.42. The summed E-state index contributed by atoms with van der Waals surface area (Å²) in [6.45, 7) is 12.2. The van der Waals surface area contributed by atoms with Crippen molar-refractivity contribution in [3.63, 3.8) is 0 Å². The molecule has 2 amide bonds. The molecule has 6 nitrogen and oxygen atoms in total. The highest BCUT2D eigenvalue weighted by atomic mass is 16.6. The normalized spacial score (nSPS) is 14.2. The van der Waals surface area contributed by atoms with E-state index >= 15 is 0 Å². The van der Waals surface area contributed by atoms with Crippen molar-refractivity contribution in [1.82, 2.24) is 0 Å². The summed E-state index contributed by atoms with van der Waals surface area (Å²) >= 11 is 0. The number of aryl methyl sites for hydroxylation is 1. The Labute approximate surface area is 319 Å². The summed E-state index contributed by atoms with van der Waals surface area (Å²) in [7, 11) is 0. The van der Waals surface area contributed by atoms with Gasteiger partial charge in [-0.1, -0.05) is 145 Å². The van der Waals surface area contributed by atoms with Gasteiger partial charge >= 0.3 is 12.2 Å². The highest BCUT2D eigenvalue weighted by Crippen LogP contribution is 2.55. The molecule has 1 aliphatic carbocycles.